The average Bonchev–Trinajstić information content (AvgIpc) is 2.79. The maximum absolute atomic E-state index is 10.6. The molecule has 0 aliphatic heterocycles. The number of aromatic carboxylic acids is 1. The largest absolute Gasteiger partial charge is 0.475 e. The van der Waals surface area contributed by atoms with E-state index < -0.39 is 5.97 Å². The summed E-state index contributed by atoms with van der Waals surface area (Å²) in [4.78, 5) is 10.6. The van der Waals surface area contributed by atoms with Crippen molar-refractivity contribution in [2.24, 2.45) is 0 Å². The van der Waals surface area contributed by atoms with Gasteiger partial charge in [-0.2, -0.15) is 0 Å². The monoisotopic (exact) mass is 231 g/mol. The van der Waals surface area contributed by atoms with E-state index in [1.807, 2.05) is 30.3 Å². The Kier molecular flexibility index (Phi) is 3.57. The zero-order chi connectivity index (χ0) is 12.1. The zero-order valence-corrected chi connectivity index (χ0v) is 9.22. The molecule has 0 aliphatic rings. The number of furan rings is 1. The van der Waals surface area contributed by atoms with Crippen LogP contribution in [0.3, 0.4) is 0 Å². The highest BCUT2D eigenvalue weighted by atomic mass is 16.4. The molecule has 2 N–H and O–H groups in total. The molecule has 0 atom stereocenters. The fraction of sp³-hybridized carbons (Fsp3) is 0.154. The topological polar surface area (TPSA) is 62.5 Å². The summed E-state index contributed by atoms with van der Waals surface area (Å²) in [6.45, 7) is 1.24. The van der Waals surface area contributed by atoms with Crippen LogP contribution in [0.25, 0.3) is 0 Å². The smallest absolute Gasteiger partial charge is 0.371 e. The predicted octanol–water partition coefficient (Wildman–Crippen LogP) is 2.27. The normalized spacial score (nSPS) is 10.4. The van der Waals surface area contributed by atoms with Crippen LogP contribution in [0.5, 0.6) is 0 Å². The highest BCUT2D eigenvalue weighted by Gasteiger charge is 2.08. The summed E-state index contributed by atoms with van der Waals surface area (Å²) >= 11 is 0. The third kappa shape index (κ3) is 3.19. The number of hydrogen-bond acceptors (Lipinski definition) is 3. The minimum Gasteiger partial charge on any atom is -0.475 e. The predicted molar refractivity (Wildman–Crippen MR) is 62.7 cm³/mol. The molecule has 17 heavy (non-hydrogen) atoms. The Hall–Kier alpha value is -2.07. The van der Waals surface area contributed by atoms with E-state index in [1.54, 1.807) is 6.07 Å². The molecule has 0 amide bonds. The van der Waals surface area contributed by atoms with Crippen molar-refractivity contribution in [3.63, 3.8) is 0 Å². The number of carbonyl (C=O) groups is 1. The quantitative estimate of drug-likeness (QED) is 0.828. The van der Waals surface area contributed by atoms with Crippen LogP contribution < -0.4 is 5.32 Å². The van der Waals surface area contributed by atoms with Crippen molar-refractivity contribution in [3.8, 4) is 0 Å². The molecule has 0 radical (unpaired) electrons. The molecule has 1 heterocycles. The van der Waals surface area contributed by atoms with Gasteiger partial charge in [-0.15, -0.1) is 0 Å². The van der Waals surface area contributed by atoms with Gasteiger partial charge in [0, 0.05) is 6.54 Å². The molecule has 2 aromatic rings. The van der Waals surface area contributed by atoms with Gasteiger partial charge in [-0.1, -0.05) is 30.3 Å². The van der Waals surface area contributed by atoms with E-state index in [-0.39, 0.29) is 5.76 Å². The minimum atomic E-state index is -1.04. The van der Waals surface area contributed by atoms with Crippen molar-refractivity contribution >= 4 is 5.97 Å². The van der Waals surface area contributed by atoms with Gasteiger partial charge in [-0.05, 0) is 17.7 Å². The molecule has 0 spiro atoms. The van der Waals surface area contributed by atoms with Crippen molar-refractivity contribution in [2.75, 3.05) is 0 Å². The molecular formula is C13H13NO3. The summed E-state index contributed by atoms with van der Waals surface area (Å²) in [6, 6.07) is 13.1. The van der Waals surface area contributed by atoms with Crippen molar-refractivity contribution in [1.29, 1.82) is 0 Å². The van der Waals surface area contributed by atoms with Crippen molar-refractivity contribution < 1.29 is 14.3 Å². The highest BCUT2D eigenvalue weighted by molar-refractivity contribution is 5.84. The Morgan fingerprint density at radius 1 is 1.12 bits per heavy atom. The second kappa shape index (κ2) is 5.32. The minimum absolute atomic E-state index is 0.0264. The van der Waals surface area contributed by atoms with Gasteiger partial charge in [-0.25, -0.2) is 4.79 Å². The summed E-state index contributed by atoms with van der Waals surface area (Å²) in [7, 11) is 0. The number of rotatable bonds is 5. The Labute approximate surface area is 98.9 Å². The van der Waals surface area contributed by atoms with E-state index in [9.17, 15) is 4.79 Å². The molecule has 1 aromatic carbocycles. The molecule has 4 heteroatoms. The van der Waals surface area contributed by atoms with Crippen molar-refractivity contribution in [3.05, 3.63) is 59.5 Å². The number of carboxylic acid groups (broad SMARTS) is 1. The molecule has 2 rings (SSSR count). The molecule has 0 aliphatic carbocycles. The Balaban J connectivity index is 1.84. The van der Waals surface area contributed by atoms with Gasteiger partial charge in [0.25, 0.3) is 0 Å². The van der Waals surface area contributed by atoms with Crippen LogP contribution in [0.15, 0.2) is 46.9 Å². The van der Waals surface area contributed by atoms with Crippen molar-refractivity contribution in [2.45, 2.75) is 13.1 Å². The number of carboxylic acids is 1. The Morgan fingerprint density at radius 3 is 2.53 bits per heavy atom. The molecule has 88 valence electrons. The van der Waals surface area contributed by atoms with Gasteiger partial charge in [0.15, 0.2) is 0 Å². The molecule has 0 unspecified atom stereocenters. The van der Waals surface area contributed by atoms with Gasteiger partial charge in [0.1, 0.15) is 5.76 Å². The summed E-state index contributed by atoms with van der Waals surface area (Å²) in [5, 5.41) is 11.9. The summed E-state index contributed by atoms with van der Waals surface area (Å²) < 4.78 is 5.12. The highest BCUT2D eigenvalue weighted by Crippen LogP contribution is 2.07. The molecule has 4 nitrogen and oxygen atoms in total. The molecule has 0 saturated carbocycles. The molecule has 0 fully saturated rings. The summed E-state index contributed by atoms with van der Waals surface area (Å²) in [5.74, 6) is -0.445. The average molecular weight is 231 g/mol. The Morgan fingerprint density at radius 2 is 1.88 bits per heavy atom. The van der Waals surface area contributed by atoms with Gasteiger partial charge >= 0.3 is 5.97 Å². The number of benzene rings is 1. The lowest BCUT2D eigenvalue weighted by Crippen LogP contribution is -2.11. The van der Waals surface area contributed by atoms with E-state index in [1.165, 1.54) is 11.6 Å². The fourth-order valence-electron chi connectivity index (χ4n) is 1.51. The van der Waals surface area contributed by atoms with E-state index in [2.05, 4.69) is 5.32 Å². The second-order valence-electron chi connectivity index (χ2n) is 3.66. The first kappa shape index (κ1) is 11.4. The molecule has 1 aromatic heterocycles. The van der Waals surface area contributed by atoms with Crippen molar-refractivity contribution in [1.82, 2.24) is 5.32 Å². The maximum atomic E-state index is 10.6. The Bertz CT molecular complexity index is 490. The fourth-order valence-corrected chi connectivity index (χ4v) is 1.51. The van der Waals surface area contributed by atoms with Crippen LogP contribution in [0.4, 0.5) is 0 Å². The van der Waals surface area contributed by atoms with Crippen LogP contribution in [0, 0.1) is 0 Å². The lowest BCUT2D eigenvalue weighted by molar-refractivity contribution is 0.0660. The second-order valence-corrected chi connectivity index (χ2v) is 3.66. The van der Waals surface area contributed by atoms with E-state index in [4.69, 9.17) is 9.52 Å². The van der Waals surface area contributed by atoms with Gasteiger partial charge in [0.05, 0.1) is 6.54 Å². The third-order valence-electron chi connectivity index (χ3n) is 2.34. The number of nitrogens with one attached hydrogen (secondary N) is 1. The lowest BCUT2D eigenvalue weighted by Gasteiger charge is -2.02. The summed E-state index contributed by atoms with van der Waals surface area (Å²) in [5.41, 5.74) is 1.18. The van der Waals surface area contributed by atoms with E-state index in [0.29, 0.717) is 12.3 Å². The first-order valence-electron chi connectivity index (χ1n) is 5.32. The molecular weight excluding hydrogens is 218 g/mol. The maximum Gasteiger partial charge on any atom is 0.371 e. The van der Waals surface area contributed by atoms with Gasteiger partial charge < -0.3 is 14.8 Å². The van der Waals surface area contributed by atoms with Crippen LogP contribution in [-0.2, 0) is 13.1 Å². The van der Waals surface area contributed by atoms with Crippen LogP contribution in [0.1, 0.15) is 21.9 Å². The van der Waals surface area contributed by atoms with Gasteiger partial charge in [0.2, 0.25) is 5.76 Å². The zero-order valence-electron chi connectivity index (χ0n) is 9.22. The van der Waals surface area contributed by atoms with Crippen LogP contribution >= 0.6 is 0 Å². The first-order valence-corrected chi connectivity index (χ1v) is 5.32. The van der Waals surface area contributed by atoms with Gasteiger partial charge in [-0.3, -0.25) is 0 Å². The standard InChI is InChI=1S/C13H13NO3/c15-13(16)12-7-6-11(17-12)9-14-8-10-4-2-1-3-5-10/h1-7,14H,8-9H2,(H,15,16). The third-order valence-corrected chi connectivity index (χ3v) is 2.34. The van der Waals surface area contributed by atoms with Crippen LogP contribution in [0.2, 0.25) is 0 Å². The van der Waals surface area contributed by atoms with E-state index >= 15 is 0 Å². The first-order chi connectivity index (χ1) is 8.25. The van der Waals surface area contributed by atoms with Crippen LogP contribution in [-0.4, -0.2) is 11.1 Å². The molecule has 0 bridgehead atoms. The summed E-state index contributed by atoms with van der Waals surface area (Å²) in [6.07, 6.45) is 0. The van der Waals surface area contributed by atoms with E-state index in [0.717, 1.165) is 6.54 Å². The lowest BCUT2D eigenvalue weighted by atomic mass is 10.2. The SMILES string of the molecule is O=C(O)c1ccc(CNCc2ccccc2)o1. The molecule has 0 saturated heterocycles. The number of hydrogen-bond donors (Lipinski definition) is 2.